The van der Waals surface area contributed by atoms with E-state index in [0.717, 1.165) is 15.6 Å². The molecular weight excluding hydrogens is 300 g/mol. The van der Waals surface area contributed by atoms with Crippen molar-refractivity contribution in [3.63, 3.8) is 0 Å². The minimum atomic E-state index is -0.581. The van der Waals surface area contributed by atoms with E-state index in [1.807, 2.05) is 42.5 Å². The Kier molecular flexibility index (Phi) is 4.21. The van der Waals surface area contributed by atoms with E-state index in [1.165, 1.54) is 0 Å². The topological polar surface area (TPSA) is 20.2 Å². The zero-order valence-electron chi connectivity index (χ0n) is 9.11. The molecule has 1 unspecified atom stereocenters. The van der Waals surface area contributed by atoms with Crippen molar-refractivity contribution in [2.75, 3.05) is 0 Å². The first kappa shape index (κ1) is 12.6. The number of hydrogen-bond donors (Lipinski definition) is 1. The van der Waals surface area contributed by atoms with Crippen LogP contribution in [-0.2, 0) is 6.42 Å². The first-order chi connectivity index (χ1) is 8.16. The van der Waals surface area contributed by atoms with E-state index in [2.05, 4.69) is 15.9 Å². The summed E-state index contributed by atoms with van der Waals surface area (Å²) in [5.41, 5.74) is 1.85. The van der Waals surface area contributed by atoms with Crippen LogP contribution in [0.2, 0.25) is 5.02 Å². The molecule has 0 aliphatic carbocycles. The minimum absolute atomic E-state index is 0.566. The fourth-order valence-electron chi connectivity index (χ4n) is 1.72. The Labute approximate surface area is 114 Å². The molecular formula is C14H12BrClO. The molecule has 0 spiro atoms. The molecule has 0 aromatic heterocycles. The van der Waals surface area contributed by atoms with E-state index in [1.54, 1.807) is 6.07 Å². The summed E-state index contributed by atoms with van der Waals surface area (Å²) in [7, 11) is 0. The number of halogens is 2. The first-order valence-electron chi connectivity index (χ1n) is 5.34. The Morgan fingerprint density at radius 1 is 1.12 bits per heavy atom. The van der Waals surface area contributed by atoms with Crippen LogP contribution in [0.25, 0.3) is 0 Å². The zero-order chi connectivity index (χ0) is 12.3. The van der Waals surface area contributed by atoms with E-state index < -0.39 is 6.10 Å². The Morgan fingerprint density at radius 2 is 1.82 bits per heavy atom. The second-order valence-electron chi connectivity index (χ2n) is 3.87. The van der Waals surface area contributed by atoms with Gasteiger partial charge in [0, 0.05) is 21.5 Å². The molecule has 0 aliphatic heterocycles. The molecule has 2 rings (SSSR count). The average molecular weight is 312 g/mol. The standard InChI is InChI=1S/C14H12BrClO/c15-11-6-7-13(16)12(9-11)14(17)8-10-4-2-1-3-5-10/h1-7,9,14,17H,8H2. The van der Waals surface area contributed by atoms with Gasteiger partial charge in [-0.1, -0.05) is 57.9 Å². The van der Waals surface area contributed by atoms with Crippen molar-refractivity contribution in [2.45, 2.75) is 12.5 Å². The van der Waals surface area contributed by atoms with Crippen LogP contribution in [0.5, 0.6) is 0 Å². The van der Waals surface area contributed by atoms with E-state index >= 15 is 0 Å². The highest BCUT2D eigenvalue weighted by Crippen LogP contribution is 2.28. The highest BCUT2D eigenvalue weighted by atomic mass is 79.9. The van der Waals surface area contributed by atoms with Gasteiger partial charge in [0.1, 0.15) is 0 Å². The monoisotopic (exact) mass is 310 g/mol. The first-order valence-corrected chi connectivity index (χ1v) is 6.51. The van der Waals surface area contributed by atoms with Crippen molar-refractivity contribution < 1.29 is 5.11 Å². The lowest BCUT2D eigenvalue weighted by Crippen LogP contribution is -2.02. The lowest BCUT2D eigenvalue weighted by molar-refractivity contribution is 0.178. The quantitative estimate of drug-likeness (QED) is 0.892. The molecule has 0 bridgehead atoms. The van der Waals surface area contributed by atoms with Crippen LogP contribution in [-0.4, -0.2) is 5.11 Å². The van der Waals surface area contributed by atoms with Crippen LogP contribution < -0.4 is 0 Å². The van der Waals surface area contributed by atoms with Gasteiger partial charge in [-0.3, -0.25) is 0 Å². The number of aliphatic hydroxyl groups is 1. The lowest BCUT2D eigenvalue weighted by Gasteiger charge is -2.13. The van der Waals surface area contributed by atoms with Crippen molar-refractivity contribution in [1.29, 1.82) is 0 Å². The third kappa shape index (κ3) is 3.32. The van der Waals surface area contributed by atoms with E-state index in [0.29, 0.717) is 11.4 Å². The molecule has 2 aromatic carbocycles. The van der Waals surface area contributed by atoms with Gasteiger partial charge in [-0.25, -0.2) is 0 Å². The van der Waals surface area contributed by atoms with Crippen molar-refractivity contribution >= 4 is 27.5 Å². The molecule has 0 aliphatic rings. The van der Waals surface area contributed by atoms with Crippen molar-refractivity contribution in [3.05, 3.63) is 69.2 Å². The Balaban J connectivity index is 2.20. The van der Waals surface area contributed by atoms with E-state index in [-0.39, 0.29) is 0 Å². The fourth-order valence-corrected chi connectivity index (χ4v) is 2.34. The molecule has 0 saturated carbocycles. The average Bonchev–Trinajstić information content (AvgIpc) is 2.33. The molecule has 2 aromatic rings. The van der Waals surface area contributed by atoms with E-state index in [9.17, 15) is 5.11 Å². The third-order valence-corrected chi connectivity index (χ3v) is 3.43. The van der Waals surface area contributed by atoms with Gasteiger partial charge in [0.25, 0.3) is 0 Å². The van der Waals surface area contributed by atoms with Gasteiger partial charge in [-0.15, -0.1) is 0 Å². The van der Waals surface area contributed by atoms with Gasteiger partial charge in [0.05, 0.1) is 6.10 Å². The van der Waals surface area contributed by atoms with Crippen molar-refractivity contribution in [1.82, 2.24) is 0 Å². The number of benzene rings is 2. The predicted molar refractivity (Wildman–Crippen MR) is 74.3 cm³/mol. The largest absolute Gasteiger partial charge is 0.388 e. The second-order valence-corrected chi connectivity index (χ2v) is 5.19. The molecule has 1 N–H and O–H groups in total. The summed E-state index contributed by atoms with van der Waals surface area (Å²) in [5.74, 6) is 0. The van der Waals surface area contributed by atoms with Crippen LogP contribution in [0.15, 0.2) is 53.0 Å². The zero-order valence-corrected chi connectivity index (χ0v) is 11.4. The molecule has 0 heterocycles. The highest BCUT2D eigenvalue weighted by Gasteiger charge is 2.12. The summed E-state index contributed by atoms with van der Waals surface area (Å²) < 4.78 is 0.920. The second kappa shape index (κ2) is 5.67. The highest BCUT2D eigenvalue weighted by molar-refractivity contribution is 9.10. The minimum Gasteiger partial charge on any atom is -0.388 e. The predicted octanol–water partition coefficient (Wildman–Crippen LogP) is 4.38. The van der Waals surface area contributed by atoms with E-state index in [4.69, 9.17) is 11.6 Å². The van der Waals surface area contributed by atoms with Crippen molar-refractivity contribution in [2.24, 2.45) is 0 Å². The summed E-state index contributed by atoms with van der Waals surface area (Å²) in [6.07, 6.45) is -0.0146. The van der Waals surface area contributed by atoms with Crippen LogP contribution in [0, 0.1) is 0 Å². The molecule has 1 nitrogen and oxygen atoms in total. The number of hydrogen-bond acceptors (Lipinski definition) is 1. The molecule has 17 heavy (non-hydrogen) atoms. The number of aliphatic hydroxyl groups excluding tert-OH is 1. The molecule has 0 amide bonds. The number of rotatable bonds is 3. The SMILES string of the molecule is OC(Cc1ccccc1)c1cc(Br)ccc1Cl. The molecule has 0 saturated heterocycles. The fraction of sp³-hybridized carbons (Fsp3) is 0.143. The van der Waals surface area contributed by atoms with Gasteiger partial charge in [0.2, 0.25) is 0 Å². The van der Waals surface area contributed by atoms with Crippen LogP contribution in [0.4, 0.5) is 0 Å². The Hall–Kier alpha value is -0.830. The maximum Gasteiger partial charge on any atom is 0.0845 e. The van der Waals surface area contributed by atoms with Gasteiger partial charge in [0.15, 0.2) is 0 Å². The molecule has 3 heteroatoms. The van der Waals surface area contributed by atoms with Crippen molar-refractivity contribution in [3.8, 4) is 0 Å². The van der Waals surface area contributed by atoms with Gasteiger partial charge >= 0.3 is 0 Å². The Bertz CT molecular complexity index is 499. The third-order valence-electron chi connectivity index (χ3n) is 2.59. The maximum atomic E-state index is 10.2. The Morgan fingerprint density at radius 3 is 2.53 bits per heavy atom. The van der Waals surface area contributed by atoms with Crippen LogP contribution in [0.1, 0.15) is 17.2 Å². The summed E-state index contributed by atoms with van der Waals surface area (Å²) in [4.78, 5) is 0. The molecule has 0 fully saturated rings. The van der Waals surface area contributed by atoms with Gasteiger partial charge in [-0.05, 0) is 23.8 Å². The van der Waals surface area contributed by atoms with Crippen LogP contribution >= 0.6 is 27.5 Å². The summed E-state index contributed by atoms with van der Waals surface area (Å²) >= 11 is 9.46. The summed E-state index contributed by atoms with van der Waals surface area (Å²) in [6.45, 7) is 0. The van der Waals surface area contributed by atoms with Gasteiger partial charge < -0.3 is 5.11 Å². The molecule has 88 valence electrons. The van der Waals surface area contributed by atoms with Crippen LogP contribution in [0.3, 0.4) is 0 Å². The summed E-state index contributed by atoms with van der Waals surface area (Å²) in [6, 6.07) is 15.4. The summed E-state index contributed by atoms with van der Waals surface area (Å²) in [5, 5.41) is 10.8. The maximum absolute atomic E-state index is 10.2. The smallest absolute Gasteiger partial charge is 0.0845 e. The normalized spacial score (nSPS) is 12.4. The van der Waals surface area contributed by atoms with Gasteiger partial charge in [-0.2, -0.15) is 0 Å². The molecule has 1 atom stereocenters. The molecule has 0 radical (unpaired) electrons. The lowest BCUT2D eigenvalue weighted by atomic mass is 10.0.